The Balaban J connectivity index is 2.45. The second-order valence-electron chi connectivity index (χ2n) is 3.31. The molecule has 0 aliphatic heterocycles. The van der Waals surface area contributed by atoms with Crippen molar-refractivity contribution in [2.75, 3.05) is 33.5 Å². The molecule has 1 aromatic rings. The van der Waals surface area contributed by atoms with Crippen molar-refractivity contribution in [2.45, 2.75) is 13.0 Å². The van der Waals surface area contributed by atoms with Crippen molar-refractivity contribution in [1.29, 1.82) is 0 Å². The maximum absolute atomic E-state index is 6.10. The lowest BCUT2D eigenvalue weighted by molar-refractivity contribution is 0.0593. The molecule has 0 spiro atoms. The van der Waals surface area contributed by atoms with E-state index in [0.29, 0.717) is 19.8 Å². The zero-order valence-electron chi connectivity index (χ0n) is 9.66. The monoisotopic (exact) mass is 263 g/mol. The molecule has 0 saturated carbocycles. The molecule has 3 nitrogen and oxygen atoms in total. The number of thiophene rings is 1. The number of ether oxygens (including phenoxy) is 2. The maximum atomic E-state index is 6.10. The third-order valence-electron chi connectivity index (χ3n) is 2.13. The Hall–Kier alpha value is -0.130. The van der Waals surface area contributed by atoms with Crippen molar-refractivity contribution >= 4 is 22.9 Å². The first-order valence-corrected chi connectivity index (χ1v) is 6.58. The minimum absolute atomic E-state index is 0.175. The molecule has 1 heterocycles. The van der Waals surface area contributed by atoms with Gasteiger partial charge in [0.2, 0.25) is 0 Å². The number of methoxy groups -OCH3 is 1. The van der Waals surface area contributed by atoms with Crippen LogP contribution in [-0.4, -0.2) is 33.5 Å². The normalized spacial score (nSPS) is 12.9. The summed E-state index contributed by atoms with van der Waals surface area (Å²) < 4.78 is 10.5. The molecule has 0 bridgehead atoms. The van der Waals surface area contributed by atoms with E-state index in [1.165, 1.54) is 0 Å². The smallest absolute Gasteiger partial charge is 0.0701 e. The zero-order valence-corrected chi connectivity index (χ0v) is 11.2. The zero-order chi connectivity index (χ0) is 11.8. The third kappa shape index (κ3) is 4.39. The van der Waals surface area contributed by atoms with Crippen LogP contribution in [0.15, 0.2) is 11.4 Å². The van der Waals surface area contributed by atoms with Gasteiger partial charge in [-0.15, -0.1) is 11.3 Å². The Bertz CT molecular complexity index is 293. The fraction of sp³-hybridized carbons (Fsp3) is 0.636. The van der Waals surface area contributed by atoms with Crippen molar-refractivity contribution in [2.24, 2.45) is 0 Å². The van der Waals surface area contributed by atoms with Crippen LogP contribution in [-0.2, 0) is 9.47 Å². The van der Waals surface area contributed by atoms with Gasteiger partial charge in [0, 0.05) is 12.0 Å². The van der Waals surface area contributed by atoms with Crippen molar-refractivity contribution in [3.63, 3.8) is 0 Å². The second-order valence-corrected chi connectivity index (χ2v) is 4.67. The van der Waals surface area contributed by atoms with Crippen LogP contribution >= 0.6 is 22.9 Å². The van der Waals surface area contributed by atoms with E-state index in [1.54, 1.807) is 18.4 Å². The lowest BCUT2D eigenvalue weighted by Gasteiger charge is -2.17. The van der Waals surface area contributed by atoms with Crippen LogP contribution in [0.4, 0.5) is 0 Å². The van der Waals surface area contributed by atoms with Crippen LogP contribution in [0, 0.1) is 0 Å². The molecule has 5 heteroatoms. The molecule has 92 valence electrons. The highest BCUT2D eigenvalue weighted by Crippen LogP contribution is 2.28. The Kier molecular flexibility index (Phi) is 7.00. The average Bonchev–Trinajstić information content (AvgIpc) is 2.69. The first kappa shape index (κ1) is 13.9. The number of hydrogen-bond donors (Lipinski definition) is 1. The van der Waals surface area contributed by atoms with Crippen LogP contribution in [0.1, 0.15) is 17.8 Å². The van der Waals surface area contributed by atoms with E-state index in [1.807, 2.05) is 11.4 Å². The Morgan fingerprint density at radius 2 is 2.31 bits per heavy atom. The Labute approximate surface area is 106 Å². The predicted molar refractivity (Wildman–Crippen MR) is 68.4 cm³/mol. The highest BCUT2D eigenvalue weighted by molar-refractivity contribution is 7.10. The molecule has 1 rings (SSSR count). The summed E-state index contributed by atoms with van der Waals surface area (Å²) in [7, 11) is 1.67. The van der Waals surface area contributed by atoms with Crippen LogP contribution in [0.5, 0.6) is 0 Å². The average molecular weight is 264 g/mol. The molecule has 1 N–H and O–H groups in total. The summed E-state index contributed by atoms with van der Waals surface area (Å²) in [6.07, 6.45) is 0. The van der Waals surface area contributed by atoms with Gasteiger partial charge in [-0.1, -0.05) is 18.5 Å². The van der Waals surface area contributed by atoms with Crippen molar-refractivity contribution in [1.82, 2.24) is 5.32 Å². The molecule has 1 atom stereocenters. The van der Waals surface area contributed by atoms with Gasteiger partial charge in [0.15, 0.2) is 0 Å². The number of halogens is 1. The predicted octanol–water partition coefficient (Wildman–Crippen LogP) is 2.72. The minimum atomic E-state index is 0.175. The molecule has 0 aliphatic carbocycles. The number of rotatable bonds is 8. The van der Waals surface area contributed by atoms with Gasteiger partial charge >= 0.3 is 0 Å². The van der Waals surface area contributed by atoms with Crippen molar-refractivity contribution in [3.05, 3.63) is 21.3 Å². The van der Waals surface area contributed by atoms with Crippen LogP contribution in [0.2, 0.25) is 5.02 Å². The van der Waals surface area contributed by atoms with Gasteiger partial charge in [-0.05, 0) is 18.0 Å². The van der Waals surface area contributed by atoms with Crippen LogP contribution < -0.4 is 5.32 Å². The van der Waals surface area contributed by atoms with Gasteiger partial charge in [-0.3, -0.25) is 0 Å². The highest BCUT2D eigenvalue weighted by Gasteiger charge is 2.15. The summed E-state index contributed by atoms with van der Waals surface area (Å²) in [6.45, 7) is 4.83. The van der Waals surface area contributed by atoms with Gasteiger partial charge < -0.3 is 14.8 Å². The molecular weight excluding hydrogens is 246 g/mol. The maximum Gasteiger partial charge on any atom is 0.0701 e. The molecule has 1 unspecified atom stereocenters. The van der Waals surface area contributed by atoms with E-state index in [-0.39, 0.29) is 6.04 Å². The molecule has 0 amide bonds. The first-order valence-electron chi connectivity index (χ1n) is 5.32. The quantitative estimate of drug-likeness (QED) is 0.732. The molecule has 1 aromatic heterocycles. The molecule has 16 heavy (non-hydrogen) atoms. The topological polar surface area (TPSA) is 30.5 Å². The fourth-order valence-electron chi connectivity index (χ4n) is 1.37. The standard InChI is InChI=1S/C11H18ClNO2S/c1-3-13-10(8-15-6-5-14-2)11-9(12)4-7-16-11/h4,7,10,13H,3,5-6,8H2,1-2H3. The van der Waals surface area contributed by atoms with Gasteiger partial charge in [0.25, 0.3) is 0 Å². The highest BCUT2D eigenvalue weighted by atomic mass is 35.5. The van der Waals surface area contributed by atoms with E-state index in [0.717, 1.165) is 16.4 Å². The summed E-state index contributed by atoms with van der Waals surface area (Å²) in [6, 6.07) is 2.09. The molecule has 0 aliphatic rings. The van der Waals surface area contributed by atoms with Crippen LogP contribution in [0.25, 0.3) is 0 Å². The molecule has 0 fully saturated rings. The summed E-state index contributed by atoms with van der Waals surface area (Å²) >= 11 is 7.76. The second kappa shape index (κ2) is 8.03. The number of hydrogen-bond acceptors (Lipinski definition) is 4. The molecule has 0 saturated heterocycles. The molecule has 0 radical (unpaired) electrons. The number of nitrogens with one attached hydrogen (secondary N) is 1. The lowest BCUT2D eigenvalue weighted by atomic mass is 10.2. The summed E-state index contributed by atoms with van der Waals surface area (Å²) in [5, 5.41) is 6.17. The summed E-state index contributed by atoms with van der Waals surface area (Å²) in [5.41, 5.74) is 0. The van der Waals surface area contributed by atoms with E-state index < -0.39 is 0 Å². The van der Waals surface area contributed by atoms with E-state index in [9.17, 15) is 0 Å². The largest absolute Gasteiger partial charge is 0.382 e. The van der Waals surface area contributed by atoms with Gasteiger partial charge in [0.1, 0.15) is 0 Å². The molecular formula is C11H18ClNO2S. The van der Waals surface area contributed by atoms with Crippen LogP contribution in [0.3, 0.4) is 0 Å². The van der Waals surface area contributed by atoms with Gasteiger partial charge in [0.05, 0.1) is 30.9 Å². The fourth-order valence-corrected chi connectivity index (χ4v) is 2.62. The Morgan fingerprint density at radius 1 is 1.50 bits per heavy atom. The van der Waals surface area contributed by atoms with Gasteiger partial charge in [-0.25, -0.2) is 0 Å². The van der Waals surface area contributed by atoms with E-state index in [2.05, 4.69) is 12.2 Å². The first-order chi connectivity index (χ1) is 7.79. The molecule has 0 aromatic carbocycles. The number of likely N-dealkylation sites (N-methyl/N-ethyl adjacent to an activating group) is 1. The van der Waals surface area contributed by atoms with E-state index in [4.69, 9.17) is 21.1 Å². The minimum Gasteiger partial charge on any atom is -0.382 e. The summed E-state index contributed by atoms with van der Waals surface area (Å²) in [5.74, 6) is 0. The van der Waals surface area contributed by atoms with Crippen molar-refractivity contribution in [3.8, 4) is 0 Å². The Morgan fingerprint density at radius 3 is 2.88 bits per heavy atom. The lowest BCUT2D eigenvalue weighted by Crippen LogP contribution is -2.25. The third-order valence-corrected chi connectivity index (χ3v) is 3.60. The van der Waals surface area contributed by atoms with E-state index >= 15 is 0 Å². The SMILES string of the molecule is CCNC(COCCOC)c1sccc1Cl. The summed E-state index contributed by atoms with van der Waals surface area (Å²) in [4.78, 5) is 1.14. The van der Waals surface area contributed by atoms with Gasteiger partial charge in [-0.2, -0.15) is 0 Å². The van der Waals surface area contributed by atoms with Crippen molar-refractivity contribution < 1.29 is 9.47 Å².